The van der Waals surface area contributed by atoms with Gasteiger partial charge in [0, 0.05) is 28.2 Å². The van der Waals surface area contributed by atoms with Gasteiger partial charge in [0.25, 0.3) is 0 Å². The van der Waals surface area contributed by atoms with Gasteiger partial charge in [-0.05, 0) is 46.6 Å². The molecule has 0 aliphatic heterocycles. The topological polar surface area (TPSA) is 54.0 Å². The smallest absolute Gasteiger partial charge is 0.320 e. The number of carbonyl (C=O) groups excluding carboxylic acids is 1. The van der Waals surface area contributed by atoms with Gasteiger partial charge >= 0.3 is 6.03 Å². The van der Waals surface area contributed by atoms with Gasteiger partial charge in [-0.25, -0.2) is 18.6 Å². The summed E-state index contributed by atoms with van der Waals surface area (Å²) in [4.78, 5) is 15.8. The molecule has 1 aliphatic rings. The van der Waals surface area contributed by atoms with Crippen molar-refractivity contribution in [3.63, 3.8) is 0 Å². The molecule has 0 unspecified atom stereocenters. The maximum atomic E-state index is 13.7. The number of rotatable bonds is 3. The lowest BCUT2D eigenvalue weighted by Gasteiger charge is -2.08. The summed E-state index contributed by atoms with van der Waals surface area (Å²) in [5.74, 6) is -1.09. The number of hydrogen-bond donors (Lipinski definition) is 2. The Balaban J connectivity index is 1.59. The first-order valence-electron chi connectivity index (χ1n) is 6.67. The number of amides is 2. The fraction of sp³-hybridized carbons (Fsp3) is 0.200. The highest BCUT2D eigenvalue weighted by Crippen LogP contribution is 2.43. The van der Waals surface area contributed by atoms with Gasteiger partial charge in [0.2, 0.25) is 0 Å². The number of halogens is 3. The van der Waals surface area contributed by atoms with E-state index >= 15 is 0 Å². The van der Waals surface area contributed by atoms with Crippen molar-refractivity contribution in [3.8, 4) is 0 Å². The van der Waals surface area contributed by atoms with E-state index < -0.39 is 17.7 Å². The molecule has 1 saturated carbocycles. The summed E-state index contributed by atoms with van der Waals surface area (Å²) in [6, 6.07) is 6.44. The molecule has 7 heteroatoms. The maximum absolute atomic E-state index is 13.7. The van der Waals surface area contributed by atoms with Crippen molar-refractivity contribution in [1.82, 2.24) is 10.3 Å². The molecule has 22 heavy (non-hydrogen) atoms. The molecular weight excluding hydrogens is 356 g/mol. The van der Waals surface area contributed by atoms with Gasteiger partial charge in [-0.3, -0.25) is 5.32 Å². The first kappa shape index (κ1) is 14.9. The van der Waals surface area contributed by atoms with Crippen LogP contribution < -0.4 is 10.6 Å². The molecule has 1 aromatic carbocycles. The molecule has 114 valence electrons. The zero-order valence-electron chi connectivity index (χ0n) is 11.3. The molecule has 1 heterocycles. The molecular formula is C15H12BrF2N3O. The number of nitrogens with zero attached hydrogens (tertiary/aromatic N) is 1. The monoisotopic (exact) mass is 367 g/mol. The lowest BCUT2D eigenvalue weighted by Crippen LogP contribution is -2.31. The number of pyridine rings is 1. The number of carbonyl (C=O) groups is 1. The zero-order valence-corrected chi connectivity index (χ0v) is 12.9. The minimum atomic E-state index is -0.579. The lowest BCUT2D eigenvalue weighted by molar-refractivity contribution is 0.251. The van der Waals surface area contributed by atoms with Crippen molar-refractivity contribution in [2.45, 2.75) is 18.4 Å². The largest absolute Gasteiger partial charge is 0.334 e. The molecule has 1 fully saturated rings. The zero-order chi connectivity index (χ0) is 15.7. The van der Waals surface area contributed by atoms with Gasteiger partial charge in [0.15, 0.2) is 0 Å². The van der Waals surface area contributed by atoms with E-state index in [1.807, 2.05) is 0 Å². The van der Waals surface area contributed by atoms with Crippen LogP contribution in [0.15, 0.2) is 41.0 Å². The number of hydrogen-bond acceptors (Lipinski definition) is 2. The van der Waals surface area contributed by atoms with E-state index in [1.165, 1.54) is 18.2 Å². The SMILES string of the molecule is O=C(Nc1ccc(Br)cn1)N[C@@H]1C[C@@H]1c1c(F)cccc1F. The molecule has 0 bridgehead atoms. The van der Waals surface area contributed by atoms with Gasteiger partial charge in [0.05, 0.1) is 0 Å². The Morgan fingerprint density at radius 3 is 2.59 bits per heavy atom. The third kappa shape index (κ3) is 3.24. The van der Waals surface area contributed by atoms with Crippen molar-refractivity contribution >= 4 is 27.8 Å². The summed E-state index contributed by atoms with van der Waals surface area (Å²) in [5, 5.41) is 5.26. The van der Waals surface area contributed by atoms with Crippen molar-refractivity contribution in [3.05, 3.63) is 58.2 Å². The summed E-state index contributed by atoms with van der Waals surface area (Å²) < 4.78 is 28.1. The van der Waals surface area contributed by atoms with E-state index in [0.29, 0.717) is 12.2 Å². The average Bonchev–Trinajstić information content (AvgIpc) is 3.20. The normalized spacial score (nSPS) is 19.6. The van der Waals surface area contributed by atoms with Crippen molar-refractivity contribution in [1.29, 1.82) is 0 Å². The van der Waals surface area contributed by atoms with Gasteiger partial charge in [0.1, 0.15) is 17.5 Å². The van der Waals surface area contributed by atoms with Crippen LogP contribution >= 0.6 is 15.9 Å². The minimum Gasteiger partial charge on any atom is -0.334 e. The number of benzene rings is 1. The molecule has 2 atom stereocenters. The van der Waals surface area contributed by atoms with Crippen LogP contribution in [0.2, 0.25) is 0 Å². The molecule has 2 amide bonds. The third-order valence-electron chi connectivity index (χ3n) is 3.45. The van der Waals surface area contributed by atoms with E-state index in [9.17, 15) is 13.6 Å². The van der Waals surface area contributed by atoms with Crippen LogP contribution in [0, 0.1) is 11.6 Å². The molecule has 0 saturated heterocycles. The Labute approximate surface area is 134 Å². The maximum Gasteiger partial charge on any atom is 0.320 e. The second-order valence-corrected chi connectivity index (χ2v) is 5.96. The van der Waals surface area contributed by atoms with E-state index in [4.69, 9.17) is 0 Å². The highest BCUT2D eigenvalue weighted by Gasteiger charge is 2.42. The Kier molecular flexibility index (Phi) is 4.06. The van der Waals surface area contributed by atoms with Crippen LogP contribution in [-0.2, 0) is 0 Å². The average molecular weight is 368 g/mol. The highest BCUT2D eigenvalue weighted by molar-refractivity contribution is 9.10. The predicted octanol–water partition coefficient (Wildman–Crippen LogP) is 3.80. The first-order valence-corrected chi connectivity index (χ1v) is 7.47. The Bertz CT molecular complexity index is 688. The van der Waals surface area contributed by atoms with E-state index in [0.717, 1.165) is 4.47 Å². The van der Waals surface area contributed by atoms with Crippen LogP contribution in [0.4, 0.5) is 19.4 Å². The van der Waals surface area contributed by atoms with Gasteiger partial charge in [-0.1, -0.05) is 6.07 Å². The fourth-order valence-corrected chi connectivity index (χ4v) is 2.54. The molecule has 1 aromatic heterocycles. The molecule has 4 nitrogen and oxygen atoms in total. The molecule has 0 radical (unpaired) electrons. The van der Waals surface area contributed by atoms with Crippen molar-refractivity contribution in [2.75, 3.05) is 5.32 Å². The Morgan fingerprint density at radius 1 is 1.23 bits per heavy atom. The van der Waals surface area contributed by atoms with Gasteiger partial charge in [-0.15, -0.1) is 0 Å². The van der Waals surface area contributed by atoms with Crippen LogP contribution in [0.1, 0.15) is 17.9 Å². The fourth-order valence-electron chi connectivity index (χ4n) is 2.31. The first-order chi connectivity index (χ1) is 10.5. The summed E-state index contributed by atoms with van der Waals surface area (Å²) >= 11 is 3.25. The van der Waals surface area contributed by atoms with Crippen molar-refractivity contribution < 1.29 is 13.6 Å². The number of urea groups is 1. The lowest BCUT2D eigenvalue weighted by atomic mass is 10.1. The van der Waals surface area contributed by atoms with Gasteiger partial charge < -0.3 is 5.32 Å². The van der Waals surface area contributed by atoms with Crippen molar-refractivity contribution in [2.24, 2.45) is 0 Å². The summed E-state index contributed by atoms with van der Waals surface area (Å²) in [7, 11) is 0. The van der Waals surface area contributed by atoms with Crippen LogP contribution in [0.5, 0.6) is 0 Å². The van der Waals surface area contributed by atoms with E-state index in [-0.39, 0.29) is 17.5 Å². The van der Waals surface area contributed by atoms with E-state index in [1.54, 1.807) is 18.3 Å². The summed E-state index contributed by atoms with van der Waals surface area (Å²) in [6.07, 6.45) is 2.07. The minimum absolute atomic E-state index is 0.0366. The molecule has 2 N–H and O–H groups in total. The highest BCUT2D eigenvalue weighted by atomic mass is 79.9. The molecule has 0 spiro atoms. The van der Waals surface area contributed by atoms with E-state index in [2.05, 4.69) is 31.5 Å². The number of anilines is 1. The van der Waals surface area contributed by atoms with Crippen LogP contribution in [0.25, 0.3) is 0 Å². The number of aromatic nitrogens is 1. The van der Waals surface area contributed by atoms with Crippen LogP contribution in [-0.4, -0.2) is 17.1 Å². The predicted molar refractivity (Wildman–Crippen MR) is 81.6 cm³/mol. The standard InChI is InChI=1S/C15H12BrF2N3O/c16-8-4-5-13(19-7-8)21-15(22)20-12-6-9(12)14-10(17)2-1-3-11(14)18/h1-5,7,9,12H,6H2,(H2,19,20,21,22)/t9-,12+/m0/s1. The number of nitrogens with one attached hydrogen (secondary N) is 2. The summed E-state index contributed by atoms with van der Waals surface area (Å²) in [6.45, 7) is 0. The molecule has 1 aliphatic carbocycles. The second kappa shape index (κ2) is 6.00. The van der Waals surface area contributed by atoms with Gasteiger partial charge in [-0.2, -0.15) is 0 Å². The molecule has 3 rings (SSSR count). The van der Waals surface area contributed by atoms with Crippen LogP contribution in [0.3, 0.4) is 0 Å². The summed E-state index contributed by atoms with van der Waals surface area (Å²) in [5.41, 5.74) is 0.0366. The Morgan fingerprint density at radius 2 is 1.95 bits per heavy atom. The Hall–Kier alpha value is -2.02. The quantitative estimate of drug-likeness (QED) is 0.866. The second-order valence-electron chi connectivity index (χ2n) is 5.04. The molecule has 2 aromatic rings. The third-order valence-corrected chi connectivity index (χ3v) is 3.92.